The highest BCUT2D eigenvalue weighted by Gasteiger charge is 2.29. The molecule has 5 heteroatoms. The molecule has 0 aliphatic carbocycles. The zero-order valence-corrected chi connectivity index (χ0v) is 11.7. The summed E-state index contributed by atoms with van der Waals surface area (Å²) in [5.41, 5.74) is 2.31. The van der Waals surface area contributed by atoms with E-state index in [0.717, 1.165) is 17.1 Å². The minimum atomic E-state index is -0.145. The molecule has 102 valence electrons. The van der Waals surface area contributed by atoms with Crippen molar-refractivity contribution in [2.45, 2.75) is 26.8 Å². The fraction of sp³-hybridized carbons (Fsp3) is 0.267. The minimum absolute atomic E-state index is 0.143. The molecule has 3 heterocycles. The van der Waals surface area contributed by atoms with E-state index in [1.54, 1.807) is 24.5 Å². The first-order valence-corrected chi connectivity index (χ1v) is 6.61. The third kappa shape index (κ3) is 1.82. The standard InChI is InChI=1S/C15H16N4O/c1-9(2)19-13-11(5-4-7-16-13)15(20)18-12-10(3)6-8-17-14(12)19/h4-9H,1-3H3,(H,18,20). The summed E-state index contributed by atoms with van der Waals surface area (Å²) in [6, 6.07) is 5.59. The van der Waals surface area contributed by atoms with Crippen molar-refractivity contribution in [3.63, 3.8) is 0 Å². The zero-order valence-electron chi connectivity index (χ0n) is 11.7. The lowest BCUT2D eigenvalue weighted by molar-refractivity contribution is 0.102. The molecule has 0 radical (unpaired) electrons. The van der Waals surface area contributed by atoms with Crippen LogP contribution in [0.25, 0.3) is 0 Å². The van der Waals surface area contributed by atoms with Gasteiger partial charge in [-0.05, 0) is 44.5 Å². The lowest BCUT2D eigenvalue weighted by atomic mass is 10.2. The Morgan fingerprint density at radius 3 is 2.65 bits per heavy atom. The summed E-state index contributed by atoms with van der Waals surface area (Å²) >= 11 is 0. The second kappa shape index (κ2) is 4.59. The SMILES string of the molecule is Cc1ccnc2c1NC(=O)c1cccnc1N2C(C)C. The highest BCUT2D eigenvalue weighted by atomic mass is 16.1. The second-order valence-electron chi connectivity index (χ2n) is 5.12. The summed E-state index contributed by atoms with van der Waals surface area (Å²) in [6.45, 7) is 6.08. The van der Waals surface area contributed by atoms with Gasteiger partial charge in [-0.25, -0.2) is 9.97 Å². The number of aryl methyl sites for hydroxylation is 1. The Labute approximate surface area is 117 Å². The van der Waals surface area contributed by atoms with Crippen LogP contribution in [0, 0.1) is 6.92 Å². The molecule has 0 atom stereocenters. The number of hydrogen-bond donors (Lipinski definition) is 1. The molecule has 0 saturated heterocycles. The molecule has 1 amide bonds. The van der Waals surface area contributed by atoms with Crippen molar-refractivity contribution in [2.75, 3.05) is 10.2 Å². The zero-order chi connectivity index (χ0) is 14.3. The lowest BCUT2D eigenvalue weighted by Gasteiger charge is -2.27. The second-order valence-corrected chi connectivity index (χ2v) is 5.12. The van der Waals surface area contributed by atoms with Crippen LogP contribution in [0.1, 0.15) is 29.8 Å². The van der Waals surface area contributed by atoms with Gasteiger partial charge in [0.15, 0.2) is 5.82 Å². The van der Waals surface area contributed by atoms with Crippen LogP contribution >= 0.6 is 0 Å². The number of fused-ring (bicyclic) bond motifs is 2. The third-order valence-electron chi connectivity index (χ3n) is 3.38. The van der Waals surface area contributed by atoms with E-state index < -0.39 is 0 Å². The van der Waals surface area contributed by atoms with Gasteiger partial charge in [-0.1, -0.05) is 0 Å². The number of nitrogens with zero attached hydrogens (tertiary/aromatic N) is 3. The molecule has 3 rings (SSSR count). The number of carbonyl (C=O) groups excluding carboxylic acids is 1. The molecule has 20 heavy (non-hydrogen) atoms. The summed E-state index contributed by atoms with van der Waals surface area (Å²) in [7, 11) is 0. The molecule has 0 bridgehead atoms. The van der Waals surface area contributed by atoms with Gasteiger partial charge in [-0.15, -0.1) is 0 Å². The number of pyridine rings is 2. The number of nitrogens with one attached hydrogen (secondary N) is 1. The van der Waals surface area contributed by atoms with Crippen molar-refractivity contribution in [1.82, 2.24) is 9.97 Å². The van der Waals surface area contributed by atoms with Gasteiger partial charge >= 0.3 is 0 Å². The van der Waals surface area contributed by atoms with Crippen LogP contribution in [-0.2, 0) is 0 Å². The van der Waals surface area contributed by atoms with E-state index in [2.05, 4.69) is 29.1 Å². The summed E-state index contributed by atoms with van der Waals surface area (Å²) in [4.78, 5) is 23.2. The Morgan fingerprint density at radius 2 is 1.90 bits per heavy atom. The molecule has 2 aromatic heterocycles. The van der Waals surface area contributed by atoms with Gasteiger partial charge in [0.1, 0.15) is 5.82 Å². The highest BCUT2D eigenvalue weighted by Crippen LogP contribution is 2.37. The number of carbonyl (C=O) groups is 1. The summed E-state index contributed by atoms with van der Waals surface area (Å²) in [5, 5.41) is 2.95. The molecule has 5 nitrogen and oxygen atoms in total. The summed E-state index contributed by atoms with van der Waals surface area (Å²) in [6.07, 6.45) is 3.45. The topological polar surface area (TPSA) is 58.1 Å². The number of rotatable bonds is 1. The number of amides is 1. The van der Waals surface area contributed by atoms with Crippen molar-refractivity contribution in [2.24, 2.45) is 0 Å². The van der Waals surface area contributed by atoms with Crippen LogP contribution in [0.4, 0.5) is 17.3 Å². The van der Waals surface area contributed by atoms with Crippen molar-refractivity contribution < 1.29 is 4.79 Å². The number of aromatic nitrogens is 2. The maximum Gasteiger partial charge on any atom is 0.259 e. The largest absolute Gasteiger partial charge is 0.318 e. The molecule has 1 aliphatic heterocycles. The fourth-order valence-electron chi connectivity index (χ4n) is 2.42. The predicted molar refractivity (Wildman–Crippen MR) is 78.4 cm³/mol. The monoisotopic (exact) mass is 268 g/mol. The van der Waals surface area contributed by atoms with Crippen LogP contribution in [0.5, 0.6) is 0 Å². The average molecular weight is 268 g/mol. The van der Waals surface area contributed by atoms with Gasteiger partial charge in [0.2, 0.25) is 0 Å². The summed E-state index contributed by atoms with van der Waals surface area (Å²) in [5.74, 6) is 1.25. The van der Waals surface area contributed by atoms with Gasteiger partial charge in [0.25, 0.3) is 5.91 Å². The number of hydrogen-bond acceptors (Lipinski definition) is 4. The van der Waals surface area contributed by atoms with Gasteiger partial charge in [0, 0.05) is 18.4 Å². The molecule has 0 spiro atoms. The summed E-state index contributed by atoms with van der Waals surface area (Å²) < 4.78 is 0. The van der Waals surface area contributed by atoms with E-state index in [1.165, 1.54) is 0 Å². The van der Waals surface area contributed by atoms with E-state index in [-0.39, 0.29) is 11.9 Å². The third-order valence-corrected chi connectivity index (χ3v) is 3.38. The number of anilines is 3. The maximum absolute atomic E-state index is 12.4. The highest BCUT2D eigenvalue weighted by molar-refractivity contribution is 6.11. The molecule has 1 aliphatic rings. The first kappa shape index (κ1) is 12.6. The normalized spacial score (nSPS) is 13.6. The van der Waals surface area contributed by atoms with Crippen molar-refractivity contribution >= 4 is 23.2 Å². The molecule has 2 aromatic rings. The Bertz CT molecular complexity index is 681. The molecular formula is C15H16N4O. The predicted octanol–water partition coefficient (Wildman–Crippen LogP) is 2.90. The van der Waals surface area contributed by atoms with E-state index >= 15 is 0 Å². The molecule has 0 saturated carbocycles. The molecule has 0 aromatic carbocycles. The minimum Gasteiger partial charge on any atom is -0.318 e. The van der Waals surface area contributed by atoms with Crippen LogP contribution in [-0.4, -0.2) is 21.9 Å². The average Bonchev–Trinajstić information content (AvgIpc) is 2.55. The van der Waals surface area contributed by atoms with E-state index in [0.29, 0.717) is 11.4 Å². The quantitative estimate of drug-likeness (QED) is 0.864. The Kier molecular flexibility index (Phi) is 2.89. The van der Waals surface area contributed by atoms with Crippen LogP contribution in [0.3, 0.4) is 0 Å². The van der Waals surface area contributed by atoms with Gasteiger partial charge in [0.05, 0.1) is 11.3 Å². The van der Waals surface area contributed by atoms with Crippen LogP contribution in [0.2, 0.25) is 0 Å². The van der Waals surface area contributed by atoms with E-state index in [9.17, 15) is 4.79 Å². The molecule has 1 N–H and O–H groups in total. The van der Waals surface area contributed by atoms with Gasteiger partial charge in [-0.3, -0.25) is 4.79 Å². The maximum atomic E-state index is 12.4. The first-order valence-electron chi connectivity index (χ1n) is 6.61. The first-order chi connectivity index (χ1) is 9.59. The van der Waals surface area contributed by atoms with Crippen molar-refractivity contribution in [3.05, 3.63) is 41.7 Å². The van der Waals surface area contributed by atoms with Gasteiger partial charge < -0.3 is 10.2 Å². The molecule has 0 fully saturated rings. The Morgan fingerprint density at radius 1 is 1.15 bits per heavy atom. The van der Waals surface area contributed by atoms with Crippen molar-refractivity contribution in [1.29, 1.82) is 0 Å². The molecular weight excluding hydrogens is 252 g/mol. The van der Waals surface area contributed by atoms with E-state index in [1.807, 2.05) is 17.9 Å². The van der Waals surface area contributed by atoms with Crippen molar-refractivity contribution in [3.8, 4) is 0 Å². The van der Waals surface area contributed by atoms with Crippen LogP contribution in [0.15, 0.2) is 30.6 Å². The van der Waals surface area contributed by atoms with E-state index in [4.69, 9.17) is 0 Å². The lowest BCUT2D eigenvalue weighted by Crippen LogP contribution is -2.27. The fourth-order valence-corrected chi connectivity index (χ4v) is 2.42. The Balaban J connectivity index is 2.32. The van der Waals surface area contributed by atoms with Gasteiger partial charge in [-0.2, -0.15) is 0 Å². The molecule has 0 unspecified atom stereocenters. The Hall–Kier alpha value is -2.43. The smallest absolute Gasteiger partial charge is 0.259 e. The van der Waals surface area contributed by atoms with Crippen LogP contribution < -0.4 is 10.2 Å².